The van der Waals surface area contributed by atoms with E-state index in [9.17, 15) is 14.4 Å². The lowest BCUT2D eigenvalue weighted by molar-refractivity contribution is -0.152. The Morgan fingerprint density at radius 1 is 1.04 bits per heavy atom. The highest BCUT2D eigenvalue weighted by Gasteiger charge is 2.64. The van der Waals surface area contributed by atoms with Crippen LogP contribution in [0.1, 0.15) is 17.2 Å². The molecule has 1 aromatic rings. The van der Waals surface area contributed by atoms with Crippen molar-refractivity contribution in [2.24, 2.45) is 11.8 Å². The Morgan fingerprint density at radius 3 is 2.30 bits per heavy atom. The molecule has 2 saturated heterocycles. The van der Waals surface area contributed by atoms with Gasteiger partial charge in [-0.3, -0.25) is 24.2 Å². The molecule has 8 nitrogen and oxygen atoms in total. The summed E-state index contributed by atoms with van der Waals surface area (Å²) in [5.74, 6) is -1.21. The van der Waals surface area contributed by atoms with Gasteiger partial charge in [-0.25, -0.2) is 0 Å². The first-order valence-corrected chi connectivity index (χ1v) is 8.84. The van der Waals surface area contributed by atoms with Gasteiger partial charge in [0.2, 0.25) is 11.8 Å². The van der Waals surface area contributed by atoms with Crippen molar-refractivity contribution in [3.05, 3.63) is 23.3 Å². The molecule has 2 fully saturated rings. The third-order valence-corrected chi connectivity index (χ3v) is 6.06. The summed E-state index contributed by atoms with van der Waals surface area (Å²) in [6.07, 6.45) is 0.678. The lowest BCUT2D eigenvalue weighted by atomic mass is 9.83. The maximum absolute atomic E-state index is 12.9. The second-order valence-electron chi connectivity index (χ2n) is 7.09. The fourth-order valence-electron chi connectivity index (χ4n) is 4.84. The van der Waals surface area contributed by atoms with Crippen molar-refractivity contribution in [2.45, 2.75) is 18.5 Å². The standard InChI is InChI=1S/C19H22N2O6/c1-20-17(22)13-14(18(20)23)16(19(24)27-4)21-6-5-9-7-11(25-2)12(26-3)8-10(9)15(13)21/h7-8,13-16H,5-6H2,1-4H3/t13-,14+,15+,16-/m0/s1. The quantitative estimate of drug-likeness (QED) is 0.559. The second-order valence-corrected chi connectivity index (χ2v) is 7.09. The molecule has 8 heteroatoms. The van der Waals surface area contributed by atoms with E-state index in [4.69, 9.17) is 14.2 Å². The number of fused-ring (bicyclic) bond motifs is 5. The van der Waals surface area contributed by atoms with Crippen LogP contribution in [-0.2, 0) is 25.5 Å². The van der Waals surface area contributed by atoms with Gasteiger partial charge in [-0.15, -0.1) is 0 Å². The topological polar surface area (TPSA) is 85.4 Å². The highest BCUT2D eigenvalue weighted by Crippen LogP contribution is 2.53. The van der Waals surface area contributed by atoms with E-state index in [1.807, 2.05) is 17.0 Å². The molecule has 0 bridgehead atoms. The summed E-state index contributed by atoms with van der Waals surface area (Å²) in [4.78, 5) is 41.2. The van der Waals surface area contributed by atoms with E-state index in [1.165, 1.54) is 14.2 Å². The van der Waals surface area contributed by atoms with Gasteiger partial charge in [0.15, 0.2) is 11.5 Å². The van der Waals surface area contributed by atoms with Crippen LogP contribution in [0.2, 0.25) is 0 Å². The summed E-state index contributed by atoms with van der Waals surface area (Å²) in [6, 6.07) is 2.64. The first kappa shape index (κ1) is 17.8. The van der Waals surface area contributed by atoms with Gasteiger partial charge in [-0.2, -0.15) is 0 Å². The second kappa shape index (κ2) is 6.23. The number of ether oxygens (including phenoxy) is 3. The minimum atomic E-state index is -0.757. The predicted octanol–water partition coefficient (Wildman–Crippen LogP) is 0.389. The van der Waals surface area contributed by atoms with E-state index in [2.05, 4.69) is 0 Å². The van der Waals surface area contributed by atoms with Crippen LogP contribution in [0.3, 0.4) is 0 Å². The number of likely N-dealkylation sites (tertiary alicyclic amines) is 1. The largest absolute Gasteiger partial charge is 0.493 e. The van der Waals surface area contributed by atoms with E-state index in [0.29, 0.717) is 24.5 Å². The van der Waals surface area contributed by atoms with E-state index in [0.717, 1.165) is 16.0 Å². The minimum Gasteiger partial charge on any atom is -0.493 e. The van der Waals surface area contributed by atoms with E-state index < -0.39 is 23.8 Å². The third kappa shape index (κ3) is 2.29. The summed E-state index contributed by atoms with van der Waals surface area (Å²) < 4.78 is 15.8. The van der Waals surface area contributed by atoms with E-state index >= 15 is 0 Å². The molecule has 2 amide bonds. The number of nitrogens with zero attached hydrogens (tertiary/aromatic N) is 2. The first-order valence-electron chi connectivity index (χ1n) is 8.84. The van der Waals surface area contributed by atoms with Crippen LogP contribution in [0.4, 0.5) is 0 Å². The van der Waals surface area contributed by atoms with Crippen molar-refractivity contribution in [1.29, 1.82) is 0 Å². The Balaban J connectivity index is 1.88. The van der Waals surface area contributed by atoms with Gasteiger partial charge in [-0.1, -0.05) is 0 Å². The Morgan fingerprint density at radius 2 is 1.67 bits per heavy atom. The SMILES string of the molecule is COC(=O)[C@@H]1[C@@H]2C(=O)N(C)C(=O)[C@@H]2[C@H]2c3cc(OC)c(OC)cc3CCN12. The Labute approximate surface area is 157 Å². The average Bonchev–Trinajstić information content (AvgIpc) is 3.15. The molecule has 27 heavy (non-hydrogen) atoms. The van der Waals surface area contributed by atoms with Gasteiger partial charge in [0.05, 0.1) is 33.2 Å². The summed E-state index contributed by atoms with van der Waals surface area (Å²) in [5, 5.41) is 0. The molecule has 1 aromatic carbocycles. The number of hydrogen-bond donors (Lipinski definition) is 0. The Hall–Kier alpha value is -2.61. The van der Waals surface area contributed by atoms with Gasteiger partial charge in [0.1, 0.15) is 6.04 Å². The normalized spacial score (nSPS) is 29.3. The summed E-state index contributed by atoms with van der Waals surface area (Å²) in [6.45, 7) is 0.560. The monoisotopic (exact) mass is 374 g/mol. The number of esters is 1. The number of benzene rings is 1. The van der Waals surface area contributed by atoms with Gasteiger partial charge in [-0.05, 0) is 29.7 Å². The fraction of sp³-hybridized carbons (Fsp3) is 0.526. The Kier molecular flexibility index (Phi) is 4.10. The average molecular weight is 374 g/mol. The number of amides is 2. The zero-order chi connectivity index (χ0) is 19.5. The zero-order valence-corrected chi connectivity index (χ0v) is 15.7. The summed E-state index contributed by atoms with van der Waals surface area (Å²) in [5.41, 5.74) is 1.93. The zero-order valence-electron chi connectivity index (χ0n) is 15.7. The van der Waals surface area contributed by atoms with Crippen molar-refractivity contribution in [1.82, 2.24) is 9.80 Å². The van der Waals surface area contributed by atoms with Crippen molar-refractivity contribution >= 4 is 17.8 Å². The van der Waals surface area contributed by atoms with Crippen LogP contribution in [0.5, 0.6) is 11.5 Å². The molecule has 3 heterocycles. The van der Waals surface area contributed by atoms with Crippen molar-refractivity contribution in [3.8, 4) is 11.5 Å². The molecule has 0 saturated carbocycles. The summed E-state index contributed by atoms with van der Waals surface area (Å²) in [7, 11) is 5.91. The molecular formula is C19H22N2O6. The number of methoxy groups -OCH3 is 3. The van der Waals surface area contributed by atoms with E-state index in [-0.39, 0.29) is 17.9 Å². The van der Waals surface area contributed by atoms with Crippen molar-refractivity contribution in [2.75, 3.05) is 34.9 Å². The molecule has 3 aliphatic heterocycles. The molecule has 3 aliphatic rings. The number of hydrogen-bond acceptors (Lipinski definition) is 7. The maximum Gasteiger partial charge on any atom is 0.323 e. The fourth-order valence-corrected chi connectivity index (χ4v) is 4.84. The van der Waals surface area contributed by atoms with Crippen LogP contribution in [-0.4, -0.2) is 68.5 Å². The lowest BCUT2D eigenvalue weighted by Gasteiger charge is -2.37. The highest BCUT2D eigenvalue weighted by atomic mass is 16.5. The number of carbonyl (C=O) groups excluding carboxylic acids is 3. The first-order chi connectivity index (χ1) is 12.9. The van der Waals surface area contributed by atoms with Crippen molar-refractivity contribution in [3.63, 3.8) is 0 Å². The molecule has 4 atom stereocenters. The predicted molar refractivity (Wildman–Crippen MR) is 93.3 cm³/mol. The molecule has 144 valence electrons. The van der Waals surface area contributed by atoms with Crippen LogP contribution in [0, 0.1) is 11.8 Å². The highest BCUT2D eigenvalue weighted by molar-refractivity contribution is 6.08. The molecule has 0 radical (unpaired) electrons. The van der Waals surface area contributed by atoms with Gasteiger partial charge >= 0.3 is 5.97 Å². The number of carbonyl (C=O) groups is 3. The molecule has 0 N–H and O–H groups in total. The van der Waals surface area contributed by atoms with Crippen LogP contribution in [0.15, 0.2) is 12.1 Å². The molecule has 0 spiro atoms. The maximum atomic E-state index is 12.9. The van der Waals surface area contributed by atoms with Crippen molar-refractivity contribution < 1.29 is 28.6 Å². The van der Waals surface area contributed by atoms with E-state index in [1.54, 1.807) is 14.2 Å². The lowest BCUT2D eigenvalue weighted by Crippen LogP contribution is -2.47. The third-order valence-electron chi connectivity index (χ3n) is 6.06. The smallest absolute Gasteiger partial charge is 0.323 e. The number of imide groups is 1. The van der Waals surface area contributed by atoms with Gasteiger partial charge < -0.3 is 14.2 Å². The molecular weight excluding hydrogens is 352 g/mol. The number of rotatable bonds is 3. The molecule has 0 aromatic heterocycles. The molecule has 0 aliphatic carbocycles. The van der Waals surface area contributed by atoms with Crippen LogP contribution in [0.25, 0.3) is 0 Å². The molecule has 4 rings (SSSR count). The van der Waals surface area contributed by atoms with Gasteiger partial charge in [0, 0.05) is 19.6 Å². The Bertz CT molecular complexity index is 838. The van der Waals surface area contributed by atoms with Gasteiger partial charge in [0.25, 0.3) is 0 Å². The van der Waals surface area contributed by atoms with Crippen LogP contribution < -0.4 is 9.47 Å². The minimum absolute atomic E-state index is 0.256. The molecule has 0 unspecified atom stereocenters. The van der Waals surface area contributed by atoms with Crippen LogP contribution >= 0.6 is 0 Å². The summed E-state index contributed by atoms with van der Waals surface area (Å²) >= 11 is 0.